The average molecular weight is 347 g/mol. The number of urea groups is 1. The maximum atomic E-state index is 13.1. The molecule has 0 aliphatic heterocycles. The molecule has 4 nitrogen and oxygen atoms in total. The molecule has 1 rings (SSSR count). The van der Waals surface area contributed by atoms with E-state index < -0.39 is 0 Å². The topological polar surface area (TPSA) is 52.6 Å². The molecule has 0 saturated carbocycles. The van der Waals surface area contributed by atoms with Crippen molar-refractivity contribution in [3.05, 3.63) is 34.1 Å². The van der Waals surface area contributed by atoms with Crippen LogP contribution in [0.4, 0.5) is 9.18 Å². The fourth-order valence-electron chi connectivity index (χ4n) is 1.75. The lowest BCUT2D eigenvalue weighted by molar-refractivity contribution is 0.176. The Morgan fingerprint density at radius 3 is 2.85 bits per heavy atom. The summed E-state index contributed by atoms with van der Waals surface area (Å²) in [5.74, 6) is -0.337. The fourth-order valence-corrected chi connectivity index (χ4v) is 2.13. The summed E-state index contributed by atoms with van der Waals surface area (Å²) in [6.07, 6.45) is 1.86. The maximum absolute atomic E-state index is 13.1. The predicted molar refractivity (Wildman–Crippen MR) is 79.9 cm³/mol. The van der Waals surface area contributed by atoms with Crippen molar-refractivity contribution in [3.63, 3.8) is 0 Å². The number of hydrogen-bond acceptors (Lipinski definition) is 2. The van der Waals surface area contributed by atoms with Crippen molar-refractivity contribution < 1.29 is 14.3 Å². The molecule has 1 aromatic carbocycles. The summed E-state index contributed by atoms with van der Waals surface area (Å²) in [4.78, 5) is 13.6. The van der Waals surface area contributed by atoms with E-state index in [9.17, 15) is 9.18 Å². The second-order valence-electron chi connectivity index (χ2n) is 4.46. The molecule has 20 heavy (non-hydrogen) atoms. The van der Waals surface area contributed by atoms with E-state index in [1.807, 2.05) is 6.92 Å². The third-order valence-corrected chi connectivity index (χ3v) is 3.65. The van der Waals surface area contributed by atoms with Crippen LogP contribution in [0.25, 0.3) is 0 Å². The minimum atomic E-state index is -0.337. The number of benzene rings is 1. The summed E-state index contributed by atoms with van der Waals surface area (Å²) < 4.78 is 13.9. The molecule has 0 saturated heterocycles. The Bertz CT molecular complexity index is 443. The number of aliphatic hydroxyl groups is 1. The van der Waals surface area contributed by atoms with Gasteiger partial charge in [0.2, 0.25) is 0 Å². The highest BCUT2D eigenvalue weighted by molar-refractivity contribution is 9.10. The van der Waals surface area contributed by atoms with E-state index in [2.05, 4.69) is 21.2 Å². The van der Waals surface area contributed by atoms with Crippen molar-refractivity contribution in [2.75, 3.05) is 19.7 Å². The molecule has 0 aromatic heterocycles. The molecule has 0 fully saturated rings. The van der Waals surface area contributed by atoms with Gasteiger partial charge in [0, 0.05) is 24.1 Å². The Labute approximate surface area is 127 Å². The van der Waals surface area contributed by atoms with Crippen LogP contribution in [0.5, 0.6) is 0 Å². The number of carbonyl (C=O) groups is 1. The number of aliphatic hydroxyl groups excluding tert-OH is 1. The third-order valence-electron chi connectivity index (χ3n) is 2.88. The van der Waals surface area contributed by atoms with E-state index in [1.165, 1.54) is 12.1 Å². The van der Waals surface area contributed by atoms with Crippen LogP contribution in [0.2, 0.25) is 0 Å². The van der Waals surface area contributed by atoms with Crippen LogP contribution in [0.3, 0.4) is 0 Å². The van der Waals surface area contributed by atoms with Gasteiger partial charge < -0.3 is 15.3 Å². The lowest BCUT2D eigenvalue weighted by Gasteiger charge is -2.22. The molecule has 112 valence electrons. The van der Waals surface area contributed by atoms with Gasteiger partial charge in [-0.1, -0.05) is 29.3 Å². The maximum Gasteiger partial charge on any atom is 0.317 e. The summed E-state index contributed by atoms with van der Waals surface area (Å²) >= 11 is 3.32. The summed E-state index contributed by atoms with van der Waals surface area (Å²) in [5.41, 5.74) is 0.679. The van der Waals surface area contributed by atoms with Crippen molar-refractivity contribution in [2.24, 2.45) is 0 Å². The van der Waals surface area contributed by atoms with Gasteiger partial charge in [0.25, 0.3) is 0 Å². The molecular formula is C14H20BrFN2O2. The number of nitrogens with zero attached hydrogens (tertiary/aromatic N) is 1. The molecule has 0 atom stereocenters. The highest BCUT2D eigenvalue weighted by atomic mass is 79.9. The minimum Gasteiger partial charge on any atom is -0.395 e. The number of nitrogens with one attached hydrogen (secondary N) is 1. The van der Waals surface area contributed by atoms with Gasteiger partial charge in [-0.15, -0.1) is 0 Å². The molecule has 0 unspecified atom stereocenters. The van der Waals surface area contributed by atoms with Gasteiger partial charge in [0.1, 0.15) is 5.82 Å². The van der Waals surface area contributed by atoms with Gasteiger partial charge in [-0.2, -0.15) is 0 Å². The van der Waals surface area contributed by atoms with Gasteiger partial charge >= 0.3 is 6.03 Å². The molecule has 0 bridgehead atoms. The molecule has 0 radical (unpaired) electrons. The van der Waals surface area contributed by atoms with E-state index in [0.29, 0.717) is 18.7 Å². The third kappa shape index (κ3) is 5.46. The first-order valence-corrected chi connectivity index (χ1v) is 7.45. The second-order valence-corrected chi connectivity index (χ2v) is 5.31. The van der Waals surface area contributed by atoms with E-state index in [1.54, 1.807) is 11.0 Å². The van der Waals surface area contributed by atoms with Crippen molar-refractivity contribution in [1.82, 2.24) is 10.2 Å². The lowest BCUT2D eigenvalue weighted by atomic mass is 10.2. The smallest absolute Gasteiger partial charge is 0.317 e. The molecule has 2 amide bonds. The Hall–Kier alpha value is -1.14. The quantitative estimate of drug-likeness (QED) is 0.797. The summed E-state index contributed by atoms with van der Waals surface area (Å²) in [5, 5.41) is 11.7. The molecule has 0 aliphatic carbocycles. The summed E-state index contributed by atoms with van der Waals surface area (Å²) in [6.45, 7) is 3.12. The number of amides is 2. The van der Waals surface area contributed by atoms with Crippen LogP contribution in [0.15, 0.2) is 22.7 Å². The van der Waals surface area contributed by atoms with Gasteiger partial charge in [-0.3, -0.25) is 0 Å². The van der Waals surface area contributed by atoms with E-state index >= 15 is 0 Å². The van der Waals surface area contributed by atoms with Gasteiger partial charge in [-0.05, 0) is 30.2 Å². The number of hydrogen-bond donors (Lipinski definition) is 2. The molecular weight excluding hydrogens is 327 g/mol. The van der Waals surface area contributed by atoms with Crippen LogP contribution in [0, 0.1) is 5.82 Å². The van der Waals surface area contributed by atoms with E-state index in [4.69, 9.17) is 5.11 Å². The fraction of sp³-hybridized carbons (Fsp3) is 0.500. The molecule has 2 N–H and O–H groups in total. The molecule has 1 aromatic rings. The lowest BCUT2D eigenvalue weighted by Crippen LogP contribution is -2.41. The van der Waals surface area contributed by atoms with E-state index in [0.717, 1.165) is 17.3 Å². The zero-order chi connectivity index (χ0) is 15.0. The Balaban J connectivity index is 2.57. The number of halogens is 2. The first-order valence-electron chi connectivity index (χ1n) is 6.66. The van der Waals surface area contributed by atoms with Gasteiger partial charge in [-0.25, -0.2) is 9.18 Å². The van der Waals surface area contributed by atoms with Crippen molar-refractivity contribution >= 4 is 22.0 Å². The Morgan fingerprint density at radius 1 is 1.45 bits per heavy atom. The average Bonchev–Trinajstić information content (AvgIpc) is 2.44. The number of rotatable bonds is 7. The van der Waals surface area contributed by atoms with Crippen LogP contribution < -0.4 is 5.32 Å². The van der Waals surface area contributed by atoms with E-state index in [-0.39, 0.29) is 25.0 Å². The molecule has 0 spiro atoms. The predicted octanol–water partition coefficient (Wildman–Crippen LogP) is 2.89. The van der Waals surface area contributed by atoms with Crippen molar-refractivity contribution in [3.8, 4) is 0 Å². The van der Waals surface area contributed by atoms with Crippen LogP contribution in [0.1, 0.15) is 25.3 Å². The largest absolute Gasteiger partial charge is 0.395 e. The summed E-state index contributed by atoms with van der Waals surface area (Å²) in [6, 6.07) is 4.10. The standard InChI is InChI=1S/C14H20BrFN2O2/c1-2-3-6-18(7-8-19)14(20)17-10-11-9-12(16)4-5-13(11)15/h4-5,9,19H,2-3,6-8,10H2,1H3,(H,17,20). The van der Waals surface area contributed by atoms with Crippen LogP contribution in [-0.2, 0) is 6.54 Å². The molecule has 0 aliphatic rings. The SMILES string of the molecule is CCCCN(CCO)C(=O)NCc1cc(F)ccc1Br. The normalized spacial score (nSPS) is 10.4. The number of carbonyl (C=O) groups excluding carboxylic acids is 1. The first-order chi connectivity index (χ1) is 9.58. The zero-order valence-corrected chi connectivity index (χ0v) is 13.1. The summed E-state index contributed by atoms with van der Waals surface area (Å²) in [7, 11) is 0. The van der Waals surface area contributed by atoms with Gasteiger partial charge in [0.05, 0.1) is 6.61 Å². The first kappa shape index (κ1) is 16.9. The molecule has 0 heterocycles. The highest BCUT2D eigenvalue weighted by Gasteiger charge is 2.12. The Morgan fingerprint density at radius 2 is 2.20 bits per heavy atom. The highest BCUT2D eigenvalue weighted by Crippen LogP contribution is 2.17. The minimum absolute atomic E-state index is 0.0687. The van der Waals surface area contributed by atoms with Crippen LogP contribution in [-0.4, -0.2) is 35.7 Å². The monoisotopic (exact) mass is 346 g/mol. The zero-order valence-electron chi connectivity index (χ0n) is 11.5. The van der Waals surface area contributed by atoms with Crippen molar-refractivity contribution in [2.45, 2.75) is 26.3 Å². The van der Waals surface area contributed by atoms with Crippen molar-refractivity contribution in [1.29, 1.82) is 0 Å². The number of unbranched alkanes of at least 4 members (excludes halogenated alkanes) is 1. The van der Waals surface area contributed by atoms with Gasteiger partial charge in [0.15, 0.2) is 0 Å². The second kappa shape index (κ2) is 8.92. The molecule has 6 heteroatoms. The van der Waals surface area contributed by atoms with Crippen LogP contribution >= 0.6 is 15.9 Å². The Kier molecular flexibility index (Phi) is 7.54.